The van der Waals surface area contributed by atoms with E-state index in [0.717, 1.165) is 18.4 Å². The van der Waals surface area contributed by atoms with Crippen molar-refractivity contribution in [3.63, 3.8) is 0 Å². The van der Waals surface area contributed by atoms with Gasteiger partial charge in [0.15, 0.2) is 5.75 Å². The Morgan fingerprint density at radius 1 is 1.18 bits per heavy atom. The van der Waals surface area contributed by atoms with Crippen LogP contribution in [-0.2, 0) is 14.6 Å². The van der Waals surface area contributed by atoms with Gasteiger partial charge in [0.05, 0.1) is 48.0 Å². The summed E-state index contributed by atoms with van der Waals surface area (Å²) < 4.78 is 49.6. The number of methoxy groups -OCH3 is 1. The minimum Gasteiger partial charge on any atom is -0.491 e. The summed E-state index contributed by atoms with van der Waals surface area (Å²) in [6, 6.07) is 3.58. The maximum Gasteiger partial charge on any atom is 0.265 e. The van der Waals surface area contributed by atoms with E-state index in [1.807, 2.05) is 0 Å². The van der Waals surface area contributed by atoms with Crippen LogP contribution in [-0.4, -0.2) is 61.7 Å². The summed E-state index contributed by atoms with van der Waals surface area (Å²) in [4.78, 5) is 42.9. The fourth-order valence-electron chi connectivity index (χ4n) is 3.52. The van der Waals surface area contributed by atoms with Gasteiger partial charge in [-0.1, -0.05) is 0 Å². The van der Waals surface area contributed by atoms with E-state index in [1.165, 1.54) is 26.2 Å². The van der Waals surface area contributed by atoms with E-state index < -0.39 is 50.7 Å². The quantitative estimate of drug-likeness (QED) is 0.569. The van der Waals surface area contributed by atoms with Crippen molar-refractivity contribution in [2.75, 3.05) is 31.0 Å². The number of anilines is 1. The van der Waals surface area contributed by atoms with Crippen LogP contribution in [0.4, 0.5) is 10.1 Å². The molecule has 12 heteroatoms. The second-order valence-electron chi connectivity index (χ2n) is 7.29. The molecule has 1 aliphatic heterocycles. The Bertz CT molecular complexity index is 1250. The van der Waals surface area contributed by atoms with Crippen LogP contribution in [0.15, 0.2) is 24.3 Å². The third-order valence-electron chi connectivity index (χ3n) is 4.79. The van der Waals surface area contributed by atoms with Gasteiger partial charge in [-0.2, -0.15) is 0 Å². The third kappa shape index (κ3) is 4.80. The molecule has 176 valence electrons. The van der Waals surface area contributed by atoms with Gasteiger partial charge >= 0.3 is 0 Å². The average molecular weight is 479 g/mol. The summed E-state index contributed by atoms with van der Waals surface area (Å²) in [5.74, 6) is -3.87. The Kier molecular flexibility index (Phi) is 6.68. The van der Waals surface area contributed by atoms with Gasteiger partial charge in [0.1, 0.15) is 15.7 Å². The van der Waals surface area contributed by atoms with Crippen molar-refractivity contribution in [1.82, 2.24) is 9.88 Å². The van der Waals surface area contributed by atoms with Crippen LogP contribution in [0, 0.1) is 5.82 Å². The molecule has 1 N–H and O–H groups in total. The number of aromatic nitrogens is 1. The number of fused-ring (bicyclic) bond motifs is 1. The van der Waals surface area contributed by atoms with Gasteiger partial charge in [-0.05, 0) is 31.2 Å². The molecule has 0 aliphatic carbocycles. The molecule has 0 fully saturated rings. The van der Waals surface area contributed by atoms with Crippen LogP contribution in [0.25, 0.3) is 0 Å². The number of pyridine rings is 1. The zero-order valence-electron chi connectivity index (χ0n) is 18.3. The molecule has 1 aromatic heterocycles. The first kappa shape index (κ1) is 24.1. The Balaban J connectivity index is 2.17. The van der Waals surface area contributed by atoms with Crippen molar-refractivity contribution in [3.8, 4) is 11.6 Å². The molecule has 3 amide bonds. The number of nitrogens with zero attached hydrogens (tertiary/aromatic N) is 2. The molecule has 0 spiro atoms. The fourth-order valence-corrected chi connectivity index (χ4v) is 4.41. The molecule has 10 nitrogen and oxygen atoms in total. The highest BCUT2D eigenvalue weighted by Crippen LogP contribution is 2.38. The lowest BCUT2D eigenvalue weighted by Crippen LogP contribution is -2.38. The SMILES string of the molecule is CCOc1nc([C@H](CS(C)(=O)=O)N2C(=O)c3c(F)ccc(NC(C)=O)c3C2=O)ccc1OC. The number of carbonyl (C=O) groups excluding carboxylic acids is 3. The molecule has 33 heavy (non-hydrogen) atoms. The third-order valence-corrected chi connectivity index (χ3v) is 5.71. The molecule has 0 bridgehead atoms. The molecule has 2 aromatic rings. The number of hydrogen-bond donors (Lipinski definition) is 1. The predicted molar refractivity (Wildman–Crippen MR) is 116 cm³/mol. The van der Waals surface area contributed by atoms with Crippen LogP contribution in [0.1, 0.15) is 46.3 Å². The molecule has 0 radical (unpaired) electrons. The second kappa shape index (κ2) is 9.14. The topological polar surface area (TPSA) is 132 Å². The summed E-state index contributed by atoms with van der Waals surface area (Å²) >= 11 is 0. The molecule has 1 aliphatic rings. The summed E-state index contributed by atoms with van der Waals surface area (Å²) in [6.07, 6.45) is 0.939. The van der Waals surface area contributed by atoms with E-state index in [4.69, 9.17) is 9.47 Å². The smallest absolute Gasteiger partial charge is 0.265 e. The van der Waals surface area contributed by atoms with E-state index in [0.29, 0.717) is 4.90 Å². The average Bonchev–Trinajstić information content (AvgIpc) is 2.99. The summed E-state index contributed by atoms with van der Waals surface area (Å²) in [5, 5.41) is 2.40. The molecule has 0 saturated heterocycles. The fraction of sp³-hybridized carbons (Fsp3) is 0.333. The van der Waals surface area contributed by atoms with Crippen LogP contribution in [0.3, 0.4) is 0 Å². The largest absolute Gasteiger partial charge is 0.491 e. The second-order valence-corrected chi connectivity index (χ2v) is 9.48. The first-order chi connectivity index (χ1) is 15.5. The van der Waals surface area contributed by atoms with Crippen molar-refractivity contribution in [1.29, 1.82) is 0 Å². The number of sulfone groups is 1. The van der Waals surface area contributed by atoms with E-state index in [-0.39, 0.29) is 35.2 Å². The number of rotatable bonds is 8. The zero-order valence-corrected chi connectivity index (χ0v) is 19.2. The highest BCUT2D eigenvalue weighted by atomic mass is 32.2. The Morgan fingerprint density at radius 2 is 1.85 bits per heavy atom. The van der Waals surface area contributed by atoms with Gasteiger partial charge in [-0.25, -0.2) is 17.8 Å². The van der Waals surface area contributed by atoms with Crippen LogP contribution < -0.4 is 14.8 Å². The van der Waals surface area contributed by atoms with Crippen molar-refractivity contribution < 1.29 is 36.7 Å². The zero-order chi connectivity index (χ0) is 24.5. The summed E-state index contributed by atoms with van der Waals surface area (Å²) in [6.45, 7) is 3.12. The Hall–Kier alpha value is -3.54. The predicted octanol–water partition coefficient (Wildman–Crippen LogP) is 1.97. The first-order valence-corrected chi connectivity index (χ1v) is 11.9. The van der Waals surface area contributed by atoms with Gasteiger partial charge in [-0.15, -0.1) is 0 Å². The van der Waals surface area contributed by atoms with E-state index in [1.54, 1.807) is 6.92 Å². The highest BCUT2D eigenvalue weighted by Gasteiger charge is 2.45. The lowest BCUT2D eigenvalue weighted by atomic mass is 10.1. The number of hydrogen-bond acceptors (Lipinski definition) is 8. The number of benzene rings is 1. The Morgan fingerprint density at radius 3 is 2.42 bits per heavy atom. The molecule has 0 unspecified atom stereocenters. The van der Waals surface area contributed by atoms with Crippen LogP contribution >= 0.6 is 0 Å². The van der Waals surface area contributed by atoms with Crippen LogP contribution in [0.5, 0.6) is 11.6 Å². The maximum absolute atomic E-state index is 14.6. The van der Waals surface area contributed by atoms with E-state index in [9.17, 15) is 27.2 Å². The van der Waals surface area contributed by atoms with Crippen molar-refractivity contribution in [3.05, 3.63) is 46.9 Å². The number of nitrogens with one attached hydrogen (secondary N) is 1. The number of amides is 3. The van der Waals surface area contributed by atoms with Gasteiger partial charge in [0, 0.05) is 13.2 Å². The van der Waals surface area contributed by atoms with Gasteiger partial charge in [-0.3, -0.25) is 19.3 Å². The van der Waals surface area contributed by atoms with E-state index >= 15 is 0 Å². The summed E-state index contributed by atoms with van der Waals surface area (Å²) in [7, 11) is -2.35. The lowest BCUT2D eigenvalue weighted by molar-refractivity contribution is -0.114. The van der Waals surface area contributed by atoms with Gasteiger partial charge in [0.2, 0.25) is 5.91 Å². The monoisotopic (exact) mass is 479 g/mol. The molecule has 1 aromatic carbocycles. The van der Waals surface area contributed by atoms with E-state index in [2.05, 4.69) is 10.3 Å². The number of imide groups is 1. The molecular weight excluding hydrogens is 457 g/mol. The van der Waals surface area contributed by atoms with Crippen molar-refractivity contribution >= 4 is 33.2 Å². The van der Waals surface area contributed by atoms with Crippen molar-refractivity contribution in [2.24, 2.45) is 0 Å². The minimum absolute atomic E-state index is 0.0284. The molecular formula is C21H22FN3O7S. The standard InChI is InChI=1S/C21H22FN3O7S/c1-5-32-19-16(31-3)9-8-13(24-19)15(10-33(4,29)30)25-20(27)17-12(22)6-7-14(23-11(2)26)18(17)21(25)28/h6-9,15H,5,10H2,1-4H3,(H,23,26)/t15-/m0/s1. The Labute approximate surface area is 189 Å². The van der Waals surface area contributed by atoms with Gasteiger partial charge < -0.3 is 14.8 Å². The summed E-state index contributed by atoms with van der Waals surface area (Å²) in [5.41, 5.74) is -0.938. The molecule has 2 heterocycles. The molecule has 3 rings (SSSR count). The van der Waals surface area contributed by atoms with Crippen LogP contribution in [0.2, 0.25) is 0 Å². The normalized spacial score (nSPS) is 14.2. The lowest BCUT2D eigenvalue weighted by Gasteiger charge is -2.26. The van der Waals surface area contributed by atoms with Gasteiger partial charge in [0.25, 0.3) is 17.7 Å². The number of carbonyl (C=O) groups is 3. The minimum atomic E-state index is -3.74. The first-order valence-electron chi connectivity index (χ1n) is 9.81. The van der Waals surface area contributed by atoms with Crippen molar-refractivity contribution in [2.45, 2.75) is 19.9 Å². The number of halogens is 1. The molecule has 1 atom stereocenters. The maximum atomic E-state index is 14.6. The number of ether oxygens (including phenoxy) is 2. The highest BCUT2D eigenvalue weighted by molar-refractivity contribution is 7.90. The molecule has 0 saturated carbocycles.